The van der Waals surface area contributed by atoms with Crippen molar-refractivity contribution in [2.24, 2.45) is 5.92 Å². The quantitative estimate of drug-likeness (QED) is 0.720. The topological polar surface area (TPSA) is 12.0 Å². The largest absolute Gasteiger partial charge is 0.317 e. The Morgan fingerprint density at radius 2 is 1.67 bits per heavy atom. The molecule has 102 valence electrons. The molecule has 1 heteroatoms. The van der Waals surface area contributed by atoms with Gasteiger partial charge in [0.25, 0.3) is 0 Å². The Kier molecular flexibility index (Phi) is 7.04. The molecule has 1 aromatic carbocycles. The molecule has 0 amide bonds. The van der Waals surface area contributed by atoms with Crippen LogP contribution in [0.1, 0.15) is 50.7 Å². The zero-order valence-electron chi connectivity index (χ0n) is 12.5. The summed E-state index contributed by atoms with van der Waals surface area (Å²) in [6.07, 6.45) is 6.44. The van der Waals surface area contributed by atoms with Gasteiger partial charge >= 0.3 is 0 Å². The zero-order chi connectivity index (χ0) is 13.4. The highest BCUT2D eigenvalue weighted by molar-refractivity contribution is 5.21. The van der Waals surface area contributed by atoms with Crippen molar-refractivity contribution in [1.82, 2.24) is 5.32 Å². The van der Waals surface area contributed by atoms with Gasteiger partial charge < -0.3 is 5.32 Å². The lowest BCUT2D eigenvalue weighted by molar-refractivity contribution is 0.440. The van der Waals surface area contributed by atoms with Crippen molar-refractivity contribution in [2.75, 3.05) is 7.05 Å². The number of aryl methyl sites for hydroxylation is 2. The molecule has 0 fully saturated rings. The van der Waals surface area contributed by atoms with E-state index in [9.17, 15) is 0 Å². The minimum atomic E-state index is 0.671. The molecule has 0 aliphatic rings. The molecule has 0 aliphatic carbocycles. The summed E-state index contributed by atoms with van der Waals surface area (Å²) in [5.41, 5.74) is 2.81. The molecular formula is C17H29N. The lowest BCUT2D eigenvalue weighted by Gasteiger charge is -2.16. The van der Waals surface area contributed by atoms with Crippen LogP contribution >= 0.6 is 0 Å². The highest BCUT2D eigenvalue weighted by Crippen LogP contribution is 2.13. The Morgan fingerprint density at radius 3 is 2.22 bits per heavy atom. The third-order valence-electron chi connectivity index (χ3n) is 3.64. The molecule has 18 heavy (non-hydrogen) atoms. The Morgan fingerprint density at radius 1 is 1.00 bits per heavy atom. The molecule has 1 aromatic rings. The molecule has 1 atom stereocenters. The van der Waals surface area contributed by atoms with Crippen LogP contribution in [0, 0.1) is 12.8 Å². The monoisotopic (exact) mass is 247 g/mol. The van der Waals surface area contributed by atoms with Crippen molar-refractivity contribution in [3.05, 3.63) is 35.4 Å². The summed E-state index contributed by atoms with van der Waals surface area (Å²) in [6.45, 7) is 6.76. The maximum Gasteiger partial charge on any atom is 0.00672 e. The fourth-order valence-electron chi connectivity index (χ4n) is 2.30. The first-order chi connectivity index (χ1) is 8.61. The molecule has 0 saturated heterocycles. The van der Waals surface area contributed by atoms with Gasteiger partial charge in [-0.1, -0.05) is 56.5 Å². The third-order valence-corrected chi connectivity index (χ3v) is 3.64. The molecule has 0 saturated carbocycles. The predicted octanol–water partition coefficient (Wildman–Crippen LogP) is 4.34. The van der Waals surface area contributed by atoms with Crippen LogP contribution in [0.4, 0.5) is 0 Å². The summed E-state index contributed by atoms with van der Waals surface area (Å²) in [7, 11) is 2.09. The second-order valence-electron chi connectivity index (χ2n) is 5.83. The van der Waals surface area contributed by atoms with E-state index in [-0.39, 0.29) is 0 Å². The molecule has 0 bridgehead atoms. The van der Waals surface area contributed by atoms with Gasteiger partial charge in [0.15, 0.2) is 0 Å². The number of rotatable bonds is 8. The number of hydrogen-bond donors (Lipinski definition) is 1. The fraction of sp³-hybridized carbons (Fsp3) is 0.647. The first-order valence-corrected chi connectivity index (χ1v) is 7.34. The number of benzene rings is 1. The molecule has 0 heterocycles. The standard InChI is InChI=1S/C17H29N/c1-14(2)6-5-7-17(18-4)13-12-16-10-8-15(3)9-11-16/h8-11,14,17-18H,5-7,12-13H2,1-4H3. The maximum absolute atomic E-state index is 3.46. The van der Waals surface area contributed by atoms with E-state index in [1.165, 1.54) is 43.2 Å². The normalized spacial score (nSPS) is 12.9. The Bertz CT molecular complexity index is 313. The summed E-state index contributed by atoms with van der Waals surface area (Å²) >= 11 is 0. The first-order valence-electron chi connectivity index (χ1n) is 7.34. The number of nitrogens with one attached hydrogen (secondary N) is 1. The van der Waals surface area contributed by atoms with Gasteiger partial charge in [-0.05, 0) is 44.7 Å². The van der Waals surface area contributed by atoms with Crippen LogP contribution in [0.15, 0.2) is 24.3 Å². The maximum atomic E-state index is 3.46. The van der Waals surface area contributed by atoms with E-state index >= 15 is 0 Å². The van der Waals surface area contributed by atoms with E-state index in [0.717, 1.165) is 5.92 Å². The van der Waals surface area contributed by atoms with Crippen molar-refractivity contribution < 1.29 is 0 Å². The average Bonchev–Trinajstić information content (AvgIpc) is 2.35. The molecule has 1 rings (SSSR count). The van der Waals surface area contributed by atoms with Crippen LogP contribution in [0.5, 0.6) is 0 Å². The van der Waals surface area contributed by atoms with Crippen molar-refractivity contribution in [2.45, 2.75) is 58.9 Å². The van der Waals surface area contributed by atoms with Crippen molar-refractivity contribution >= 4 is 0 Å². The second kappa shape index (κ2) is 8.31. The second-order valence-corrected chi connectivity index (χ2v) is 5.83. The van der Waals surface area contributed by atoms with Crippen LogP contribution in [-0.4, -0.2) is 13.1 Å². The summed E-state index contributed by atoms with van der Waals surface area (Å²) in [5, 5.41) is 3.46. The van der Waals surface area contributed by atoms with Gasteiger partial charge in [-0.2, -0.15) is 0 Å². The Labute approximate surface area is 113 Å². The summed E-state index contributed by atoms with van der Waals surface area (Å²) in [4.78, 5) is 0. The molecule has 0 spiro atoms. The van der Waals surface area contributed by atoms with Crippen molar-refractivity contribution in [3.8, 4) is 0 Å². The fourth-order valence-corrected chi connectivity index (χ4v) is 2.30. The third kappa shape index (κ3) is 6.20. The van der Waals surface area contributed by atoms with Gasteiger partial charge in [0.1, 0.15) is 0 Å². The van der Waals surface area contributed by atoms with Crippen molar-refractivity contribution in [1.29, 1.82) is 0 Å². The van der Waals surface area contributed by atoms with E-state index in [1.807, 2.05) is 0 Å². The number of hydrogen-bond acceptors (Lipinski definition) is 1. The van der Waals surface area contributed by atoms with Crippen molar-refractivity contribution in [3.63, 3.8) is 0 Å². The minimum absolute atomic E-state index is 0.671. The predicted molar refractivity (Wildman–Crippen MR) is 81.0 cm³/mol. The molecule has 0 aromatic heterocycles. The van der Waals surface area contributed by atoms with Gasteiger partial charge in [-0.25, -0.2) is 0 Å². The molecular weight excluding hydrogens is 218 g/mol. The van der Waals surface area contributed by atoms with Gasteiger partial charge in [0, 0.05) is 6.04 Å². The van der Waals surface area contributed by atoms with Crippen LogP contribution < -0.4 is 5.32 Å². The van der Waals surface area contributed by atoms with E-state index in [2.05, 4.69) is 57.4 Å². The van der Waals surface area contributed by atoms with Gasteiger partial charge in [-0.15, -0.1) is 0 Å². The molecule has 0 radical (unpaired) electrons. The highest BCUT2D eigenvalue weighted by atomic mass is 14.9. The van der Waals surface area contributed by atoms with E-state index in [0.29, 0.717) is 6.04 Å². The smallest absolute Gasteiger partial charge is 0.00672 e. The van der Waals surface area contributed by atoms with E-state index < -0.39 is 0 Å². The van der Waals surface area contributed by atoms with Crippen LogP contribution in [0.25, 0.3) is 0 Å². The lowest BCUT2D eigenvalue weighted by Crippen LogP contribution is -2.25. The van der Waals surface area contributed by atoms with Gasteiger partial charge in [0.2, 0.25) is 0 Å². The SMILES string of the molecule is CNC(CCCC(C)C)CCc1ccc(C)cc1. The van der Waals surface area contributed by atoms with Crippen LogP contribution in [0.2, 0.25) is 0 Å². The minimum Gasteiger partial charge on any atom is -0.317 e. The Hall–Kier alpha value is -0.820. The zero-order valence-corrected chi connectivity index (χ0v) is 12.5. The van der Waals surface area contributed by atoms with Crippen LogP contribution in [0.3, 0.4) is 0 Å². The van der Waals surface area contributed by atoms with E-state index in [4.69, 9.17) is 0 Å². The first kappa shape index (κ1) is 15.2. The lowest BCUT2D eigenvalue weighted by atomic mass is 9.98. The summed E-state index contributed by atoms with van der Waals surface area (Å²) in [6, 6.07) is 9.61. The van der Waals surface area contributed by atoms with E-state index in [1.54, 1.807) is 0 Å². The molecule has 1 N–H and O–H groups in total. The molecule has 1 unspecified atom stereocenters. The average molecular weight is 247 g/mol. The highest BCUT2D eigenvalue weighted by Gasteiger charge is 2.06. The van der Waals surface area contributed by atoms with Gasteiger partial charge in [-0.3, -0.25) is 0 Å². The summed E-state index contributed by atoms with van der Waals surface area (Å²) < 4.78 is 0. The van der Waals surface area contributed by atoms with Crippen LogP contribution in [-0.2, 0) is 6.42 Å². The molecule has 0 aliphatic heterocycles. The molecule has 1 nitrogen and oxygen atoms in total. The summed E-state index contributed by atoms with van der Waals surface area (Å²) in [5.74, 6) is 0.833. The Balaban J connectivity index is 2.28. The van der Waals surface area contributed by atoms with Gasteiger partial charge in [0.05, 0.1) is 0 Å².